The molecule has 2 rings (SSSR count). The van der Waals surface area contributed by atoms with Gasteiger partial charge in [0.15, 0.2) is 5.16 Å². The molecule has 1 aliphatic carbocycles. The molecule has 1 N–H and O–H groups in total. The van der Waals surface area contributed by atoms with Gasteiger partial charge in [-0.1, -0.05) is 24.6 Å². The lowest BCUT2D eigenvalue weighted by Crippen LogP contribution is -2.34. The lowest BCUT2D eigenvalue weighted by atomic mass is 10.0. The zero-order chi connectivity index (χ0) is 11.4. The highest BCUT2D eigenvalue weighted by Crippen LogP contribution is 2.30. The first-order valence-electron chi connectivity index (χ1n) is 5.95. The van der Waals surface area contributed by atoms with E-state index in [1.54, 1.807) is 18.1 Å². The fraction of sp³-hybridized carbons (Fsp3) is 0.818. The van der Waals surface area contributed by atoms with Gasteiger partial charge in [0, 0.05) is 18.8 Å². The van der Waals surface area contributed by atoms with Crippen molar-refractivity contribution in [3.8, 4) is 0 Å². The lowest BCUT2D eigenvalue weighted by Gasteiger charge is -2.22. The molecule has 5 heteroatoms. The van der Waals surface area contributed by atoms with Gasteiger partial charge in [0.2, 0.25) is 0 Å². The number of thioether (sulfide) groups is 1. The summed E-state index contributed by atoms with van der Waals surface area (Å²) in [5.41, 5.74) is 0. The summed E-state index contributed by atoms with van der Waals surface area (Å²) in [6.07, 6.45) is 7.18. The molecule has 1 saturated carbocycles. The molecular formula is C11H20N4S. The van der Waals surface area contributed by atoms with Crippen molar-refractivity contribution >= 4 is 11.8 Å². The average molecular weight is 240 g/mol. The van der Waals surface area contributed by atoms with Crippen LogP contribution in [0.5, 0.6) is 0 Å². The van der Waals surface area contributed by atoms with Gasteiger partial charge in [0.05, 0.1) is 0 Å². The van der Waals surface area contributed by atoms with E-state index in [1.807, 2.05) is 11.7 Å². The summed E-state index contributed by atoms with van der Waals surface area (Å²) >= 11 is 1.80. The van der Waals surface area contributed by atoms with Crippen molar-refractivity contribution in [2.24, 2.45) is 13.0 Å². The van der Waals surface area contributed by atoms with Gasteiger partial charge in [-0.3, -0.25) is 0 Å². The molecule has 0 aliphatic heterocycles. The molecule has 4 nitrogen and oxygen atoms in total. The van der Waals surface area contributed by atoms with Crippen LogP contribution in [-0.2, 0) is 7.05 Å². The largest absolute Gasteiger partial charge is 0.316 e. The predicted octanol–water partition coefficient (Wildman–Crippen LogP) is 1.69. The van der Waals surface area contributed by atoms with Gasteiger partial charge < -0.3 is 5.32 Å². The van der Waals surface area contributed by atoms with Crippen LogP contribution in [0, 0.1) is 5.92 Å². The first kappa shape index (κ1) is 11.9. The number of hydrogen-bond acceptors (Lipinski definition) is 4. The maximum Gasteiger partial charge on any atom is 0.185 e. The Kier molecular flexibility index (Phi) is 4.23. The highest BCUT2D eigenvalue weighted by atomic mass is 32.2. The first-order chi connectivity index (χ1) is 7.81. The van der Waals surface area contributed by atoms with E-state index >= 15 is 0 Å². The third-order valence-corrected chi connectivity index (χ3v) is 4.56. The van der Waals surface area contributed by atoms with Crippen molar-refractivity contribution in [1.29, 1.82) is 0 Å². The molecule has 1 aromatic rings. The standard InChI is InChI=1S/C11H20N4S/c1-12-10(9-5-3-4-6-9)7-16-11-13-8-14-15(11)2/h8-10,12H,3-7H2,1-2H3. The highest BCUT2D eigenvalue weighted by molar-refractivity contribution is 7.99. The van der Waals surface area contributed by atoms with E-state index < -0.39 is 0 Å². The topological polar surface area (TPSA) is 42.7 Å². The Bertz CT molecular complexity index is 320. The molecule has 0 amide bonds. The second kappa shape index (κ2) is 5.68. The summed E-state index contributed by atoms with van der Waals surface area (Å²) in [6, 6.07) is 0.615. The molecule has 1 unspecified atom stereocenters. The Labute approximate surface area is 101 Å². The highest BCUT2D eigenvalue weighted by Gasteiger charge is 2.24. The molecule has 0 radical (unpaired) electrons. The van der Waals surface area contributed by atoms with Crippen molar-refractivity contribution in [3.05, 3.63) is 6.33 Å². The Morgan fingerprint density at radius 3 is 2.88 bits per heavy atom. The van der Waals surface area contributed by atoms with Crippen molar-refractivity contribution in [2.75, 3.05) is 12.8 Å². The smallest absolute Gasteiger partial charge is 0.185 e. The fourth-order valence-electron chi connectivity index (χ4n) is 2.40. The summed E-state index contributed by atoms with van der Waals surface area (Å²) in [7, 11) is 4.01. The number of rotatable bonds is 5. The van der Waals surface area contributed by atoms with Gasteiger partial charge in [0.25, 0.3) is 0 Å². The summed E-state index contributed by atoms with van der Waals surface area (Å²) < 4.78 is 1.84. The Balaban J connectivity index is 1.85. The third kappa shape index (κ3) is 2.77. The summed E-state index contributed by atoms with van der Waals surface area (Å²) in [5, 5.41) is 8.54. The number of hydrogen-bond donors (Lipinski definition) is 1. The minimum absolute atomic E-state index is 0.615. The molecule has 0 bridgehead atoms. The average Bonchev–Trinajstić information content (AvgIpc) is 2.92. The van der Waals surface area contributed by atoms with E-state index in [2.05, 4.69) is 22.4 Å². The molecule has 0 saturated heterocycles. The molecule has 1 atom stereocenters. The molecular weight excluding hydrogens is 220 g/mol. The predicted molar refractivity (Wildman–Crippen MR) is 66.5 cm³/mol. The van der Waals surface area contributed by atoms with Crippen LogP contribution >= 0.6 is 11.8 Å². The zero-order valence-corrected chi connectivity index (χ0v) is 10.8. The first-order valence-corrected chi connectivity index (χ1v) is 6.94. The van der Waals surface area contributed by atoms with Crippen LogP contribution in [0.3, 0.4) is 0 Å². The molecule has 0 aromatic carbocycles. The summed E-state index contributed by atoms with van der Waals surface area (Å²) in [6.45, 7) is 0. The van der Waals surface area contributed by atoms with Crippen LogP contribution in [0.25, 0.3) is 0 Å². The van der Waals surface area contributed by atoms with Gasteiger partial charge in [-0.25, -0.2) is 9.67 Å². The lowest BCUT2D eigenvalue weighted by molar-refractivity contribution is 0.410. The van der Waals surface area contributed by atoms with E-state index in [4.69, 9.17) is 0 Å². The molecule has 1 aliphatic rings. The minimum Gasteiger partial charge on any atom is -0.316 e. The van der Waals surface area contributed by atoms with Crippen LogP contribution in [0.4, 0.5) is 0 Å². The molecule has 1 heterocycles. The van der Waals surface area contributed by atoms with Gasteiger partial charge >= 0.3 is 0 Å². The third-order valence-electron chi connectivity index (χ3n) is 3.40. The molecule has 16 heavy (non-hydrogen) atoms. The van der Waals surface area contributed by atoms with Crippen molar-refractivity contribution < 1.29 is 0 Å². The quantitative estimate of drug-likeness (QED) is 0.795. The van der Waals surface area contributed by atoms with Crippen molar-refractivity contribution in [3.63, 3.8) is 0 Å². The molecule has 1 fully saturated rings. The van der Waals surface area contributed by atoms with Crippen LogP contribution in [0.15, 0.2) is 11.5 Å². The Morgan fingerprint density at radius 2 is 2.31 bits per heavy atom. The molecule has 1 aromatic heterocycles. The Morgan fingerprint density at radius 1 is 1.56 bits per heavy atom. The minimum atomic E-state index is 0.615. The van der Waals surface area contributed by atoms with Crippen LogP contribution in [0.1, 0.15) is 25.7 Å². The number of nitrogens with zero attached hydrogens (tertiary/aromatic N) is 3. The monoisotopic (exact) mass is 240 g/mol. The van der Waals surface area contributed by atoms with Crippen molar-refractivity contribution in [2.45, 2.75) is 36.9 Å². The summed E-state index contributed by atoms with van der Waals surface area (Å²) in [4.78, 5) is 4.24. The van der Waals surface area contributed by atoms with Crippen molar-refractivity contribution in [1.82, 2.24) is 20.1 Å². The second-order valence-corrected chi connectivity index (χ2v) is 5.40. The van der Waals surface area contributed by atoms with Crippen LogP contribution in [0.2, 0.25) is 0 Å². The second-order valence-electron chi connectivity index (χ2n) is 4.42. The zero-order valence-electron chi connectivity index (χ0n) is 10.0. The van der Waals surface area contributed by atoms with Crippen LogP contribution in [-0.4, -0.2) is 33.6 Å². The van der Waals surface area contributed by atoms with Gasteiger partial charge in [-0.2, -0.15) is 5.10 Å². The Hall–Kier alpha value is -0.550. The SMILES string of the molecule is CNC(CSc1ncnn1C)C1CCCC1. The normalized spacial score (nSPS) is 19.1. The number of nitrogens with one attached hydrogen (secondary N) is 1. The maximum absolute atomic E-state index is 4.24. The van der Waals surface area contributed by atoms with E-state index in [0.29, 0.717) is 6.04 Å². The molecule has 90 valence electrons. The molecule has 0 spiro atoms. The van der Waals surface area contributed by atoms with Gasteiger partial charge in [0.1, 0.15) is 6.33 Å². The number of aromatic nitrogens is 3. The maximum atomic E-state index is 4.24. The van der Waals surface area contributed by atoms with Gasteiger partial charge in [-0.05, 0) is 25.8 Å². The van der Waals surface area contributed by atoms with E-state index in [9.17, 15) is 0 Å². The summed E-state index contributed by atoms with van der Waals surface area (Å²) in [5.74, 6) is 1.94. The fourth-order valence-corrected chi connectivity index (χ4v) is 3.52. The van der Waals surface area contributed by atoms with Gasteiger partial charge in [-0.15, -0.1) is 0 Å². The van der Waals surface area contributed by atoms with E-state index in [0.717, 1.165) is 16.8 Å². The van der Waals surface area contributed by atoms with E-state index in [1.165, 1.54) is 25.7 Å². The van der Waals surface area contributed by atoms with Crippen LogP contribution < -0.4 is 5.32 Å². The van der Waals surface area contributed by atoms with E-state index in [-0.39, 0.29) is 0 Å². The number of aryl methyl sites for hydroxylation is 1.